The quantitative estimate of drug-likeness (QED) is 0.809. The molecule has 1 saturated carbocycles. The Morgan fingerprint density at radius 3 is 2.71 bits per heavy atom. The van der Waals surface area contributed by atoms with Crippen LogP contribution in [0.1, 0.15) is 18.6 Å². The van der Waals surface area contributed by atoms with Gasteiger partial charge >= 0.3 is 0 Å². The molecule has 0 aromatic carbocycles. The summed E-state index contributed by atoms with van der Waals surface area (Å²) in [5, 5.41) is 8.67. The topological polar surface area (TPSA) is 79.5 Å². The number of sulfonamides is 1. The molecule has 0 spiro atoms. The molecule has 0 unspecified atom stereocenters. The molecular formula is C10H15NO4S2. The van der Waals surface area contributed by atoms with Crippen LogP contribution in [0.2, 0.25) is 0 Å². The SMILES string of the molecule is CSC1(CNS(=O)(=O)c2ccc(CO)o2)CC1. The fourth-order valence-corrected chi connectivity index (χ4v) is 3.37. The summed E-state index contributed by atoms with van der Waals surface area (Å²) >= 11 is 1.69. The van der Waals surface area contributed by atoms with E-state index < -0.39 is 10.0 Å². The third kappa shape index (κ3) is 2.85. The van der Waals surface area contributed by atoms with Crippen molar-refractivity contribution < 1.29 is 17.9 Å². The number of furan rings is 1. The molecule has 1 heterocycles. The minimum absolute atomic E-state index is 0.0689. The van der Waals surface area contributed by atoms with Crippen molar-refractivity contribution in [3.8, 4) is 0 Å². The number of nitrogens with one attached hydrogen (secondary N) is 1. The zero-order chi connectivity index (χ0) is 12.5. The molecule has 1 aliphatic rings. The van der Waals surface area contributed by atoms with Crippen LogP contribution < -0.4 is 4.72 Å². The lowest BCUT2D eigenvalue weighted by Gasteiger charge is -2.12. The second-order valence-corrected chi connectivity index (χ2v) is 7.06. The molecule has 1 fully saturated rings. The summed E-state index contributed by atoms with van der Waals surface area (Å²) in [6.07, 6.45) is 4.06. The minimum atomic E-state index is -3.59. The van der Waals surface area contributed by atoms with E-state index in [4.69, 9.17) is 9.52 Å². The first-order valence-electron chi connectivity index (χ1n) is 5.26. The number of thioether (sulfide) groups is 1. The average Bonchev–Trinajstić information content (AvgIpc) is 2.94. The average molecular weight is 277 g/mol. The first-order chi connectivity index (χ1) is 8.01. The summed E-state index contributed by atoms with van der Waals surface area (Å²) in [5.41, 5.74) is 0. The summed E-state index contributed by atoms with van der Waals surface area (Å²) in [7, 11) is -3.59. The van der Waals surface area contributed by atoms with Crippen LogP contribution in [0.5, 0.6) is 0 Å². The molecule has 0 atom stereocenters. The van der Waals surface area contributed by atoms with Gasteiger partial charge in [0.1, 0.15) is 12.4 Å². The van der Waals surface area contributed by atoms with E-state index in [0.29, 0.717) is 6.54 Å². The van der Waals surface area contributed by atoms with Gasteiger partial charge in [0.2, 0.25) is 5.09 Å². The second-order valence-electron chi connectivity index (χ2n) is 4.09. The molecule has 0 amide bonds. The molecular weight excluding hydrogens is 262 g/mol. The van der Waals surface area contributed by atoms with Crippen LogP contribution in [0.4, 0.5) is 0 Å². The Morgan fingerprint density at radius 1 is 1.53 bits per heavy atom. The highest BCUT2D eigenvalue weighted by molar-refractivity contribution is 8.00. The summed E-state index contributed by atoms with van der Waals surface area (Å²) in [6, 6.07) is 2.81. The van der Waals surface area contributed by atoms with Crippen molar-refractivity contribution in [1.82, 2.24) is 4.72 Å². The Labute approximate surface area is 105 Å². The second kappa shape index (κ2) is 4.64. The standard InChI is InChI=1S/C10H15NO4S2/c1-16-10(4-5-10)7-11-17(13,14)9-3-2-8(6-12)15-9/h2-3,11-12H,4-7H2,1H3. The van der Waals surface area contributed by atoms with E-state index in [2.05, 4.69) is 4.72 Å². The van der Waals surface area contributed by atoms with E-state index in [1.165, 1.54) is 12.1 Å². The lowest BCUT2D eigenvalue weighted by Crippen LogP contribution is -2.31. The third-order valence-electron chi connectivity index (χ3n) is 2.88. The lowest BCUT2D eigenvalue weighted by molar-refractivity contribution is 0.236. The molecule has 2 N–H and O–H groups in total. The molecule has 1 aromatic rings. The predicted octanol–water partition coefficient (Wildman–Crippen LogP) is 0.946. The van der Waals surface area contributed by atoms with Gasteiger partial charge in [-0.1, -0.05) is 0 Å². The summed E-state index contributed by atoms with van der Waals surface area (Å²) in [6.45, 7) is 0.121. The van der Waals surface area contributed by atoms with E-state index >= 15 is 0 Å². The molecule has 1 aromatic heterocycles. The normalized spacial score (nSPS) is 18.2. The molecule has 0 saturated heterocycles. The van der Waals surface area contributed by atoms with E-state index in [1.54, 1.807) is 11.8 Å². The monoisotopic (exact) mass is 277 g/mol. The van der Waals surface area contributed by atoms with Crippen molar-refractivity contribution in [3.63, 3.8) is 0 Å². The zero-order valence-corrected chi connectivity index (χ0v) is 11.1. The largest absolute Gasteiger partial charge is 0.446 e. The Hall–Kier alpha value is -0.500. The number of rotatable bonds is 6. The molecule has 7 heteroatoms. The molecule has 0 radical (unpaired) electrons. The van der Waals surface area contributed by atoms with Crippen molar-refractivity contribution >= 4 is 21.8 Å². The molecule has 96 valence electrons. The number of aliphatic hydroxyl groups excluding tert-OH is 1. The number of hydrogen-bond donors (Lipinski definition) is 2. The third-order valence-corrected chi connectivity index (χ3v) is 5.57. The van der Waals surface area contributed by atoms with Gasteiger partial charge in [-0.05, 0) is 31.2 Å². The van der Waals surface area contributed by atoms with E-state index in [-0.39, 0.29) is 22.2 Å². The van der Waals surface area contributed by atoms with Crippen LogP contribution >= 0.6 is 11.8 Å². The van der Waals surface area contributed by atoms with Gasteiger partial charge in [0, 0.05) is 11.3 Å². The van der Waals surface area contributed by atoms with Crippen molar-refractivity contribution in [3.05, 3.63) is 17.9 Å². The van der Waals surface area contributed by atoms with Gasteiger partial charge in [0.05, 0.1) is 0 Å². The van der Waals surface area contributed by atoms with Crippen molar-refractivity contribution in [2.75, 3.05) is 12.8 Å². The van der Waals surface area contributed by atoms with Gasteiger partial charge in [-0.2, -0.15) is 11.8 Å². The van der Waals surface area contributed by atoms with E-state index in [9.17, 15) is 8.42 Å². The number of hydrogen-bond acceptors (Lipinski definition) is 5. The summed E-state index contributed by atoms with van der Waals surface area (Å²) < 4.78 is 31.3. The maximum absolute atomic E-state index is 11.9. The zero-order valence-electron chi connectivity index (χ0n) is 9.47. The minimum Gasteiger partial charge on any atom is -0.446 e. The van der Waals surface area contributed by atoms with Crippen molar-refractivity contribution in [1.29, 1.82) is 0 Å². The maximum atomic E-state index is 11.9. The highest BCUT2D eigenvalue weighted by Gasteiger charge is 2.42. The van der Waals surface area contributed by atoms with Gasteiger partial charge in [-0.15, -0.1) is 0 Å². The Kier molecular flexibility index (Phi) is 3.53. The van der Waals surface area contributed by atoms with Gasteiger partial charge in [0.25, 0.3) is 10.0 Å². The molecule has 0 aliphatic heterocycles. The van der Waals surface area contributed by atoms with Gasteiger partial charge < -0.3 is 9.52 Å². The number of aliphatic hydroxyl groups is 1. The maximum Gasteiger partial charge on any atom is 0.274 e. The fraction of sp³-hybridized carbons (Fsp3) is 0.600. The van der Waals surface area contributed by atoms with E-state index in [1.807, 2.05) is 6.26 Å². The van der Waals surface area contributed by atoms with Crippen LogP contribution in [0.15, 0.2) is 21.6 Å². The Balaban J connectivity index is 2.03. The lowest BCUT2D eigenvalue weighted by atomic mass is 10.4. The smallest absolute Gasteiger partial charge is 0.274 e. The molecule has 17 heavy (non-hydrogen) atoms. The summed E-state index contributed by atoms with van der Waals surface area (Å²) in [4.78, 5) is 0. The molecule has 5 nitrogen and oxygen atoms in total. The summed E-state index contributed by atoms with van der Waals surface area (Å²) in [5.74, 6) is 0.247. The van der Waals surface area contributed by atoms with Crippen LogP contribution in [0, 0.1) is 0 Å². The highest BCUT2D eigenvalue weighted by Crippen LogP contribution is 2.46. The van der Waals surface area contributed by atoms with Crippen LogP contribution in [-0.2, 0) is 16.6 Å². The molecule has 0 bridgehead atoms. The van der Waals surface area contributed by atoms with Gasteiger partial charge in [0.15, 0.2) is 0 Å². The first kappa shape index (κ1) is 12.9. The van der Waals surface area contributed by atoms with Crippen molar-refractivity contribution in [2.24, 2.45) is 0 Å². The molecule has 2 rings (SSSR count). The van der Waals surface area contributed by atoms with Gasteiger partial charge in [-0.3, -0.25) is 0 Å². The van der Waals surface area contributed by atoms with Crippen molar-refractivity contribution in [2.45, 2.75) is 29.3 Å². The van der Waals surface area contributed by atoms with Crippen LogP contribution in [0.3, 0.4) is 0 Å². The highest BCUT2D eigenvalue weighted by atomic mass is 32.2. The van der Waals surface area contributed by atoms with Crippen LogP contribution in [0.25, 0.3) is 0 Å². The fourth-order valence-electron chi connectivity index (χ4n) is 1.48. The predicted molar refractivity (Wildman–Crippen MR) is 65.3 cm³/mol. The molecule has 1 aliphatic carbocycles. The van der Waals surface area contributed by atoms with E-state index in [0.717, 1.165) is 12.8 Å². The van der Waals surface area contributed by atoms with Gasteiger partial charge in [-0.25, -0.2) is 13.1 Å². The Bertz CT molecular complexity index is 490. The first-order valence-corrected chi connectivity index (χ1v) is 7.96. The Morgan fingerprint density at radius 2 is 2.24 bits per heavy atom. The van der Waals surface area contributed by atoms with Crippen LogP contribution in [-0.4, -0.2) is 31.1 Å².